The fraction of sp³-hybridized carbons (Fsp3) is 0.288. The third-order valence-corrected chi connectivity index (χ3v) is 28.8. The molecule has 5 N–H and O–H groups in total. The van der Waals surface area contributed by atoms with E-state index in [2.05, 4.69) is 93.6 Å². The number of nitrogens with one attached hydrogen (secondary N) is 5. The van der Waals surface area contributed by atoms with E-state index in [0.29, 0.717) is 123 Å². The smallest absolute Gasteiger partial charge is 0.194 e. The third-order valence-electron chi connectivity index (χ3n) is 23.8. The maximum Gasteiger partial charge on any atom is 0.194 e. The van der Waals surface area contributed by atoms with Gasteiger partial charge in [-0.3, -0.25) is 19.6 Å². The van der Waals surface area contributed by atoms with Gasteiger partial charge in [0, 0.05) is 104 Å². The second kappa shape index (κ2) is 44.4. The number of carbonyl (C=O) groups excluding carboxylic acids is 2. The molecule has 4 unspecified atom stereocenters. The standard InChI is InChI=1S/C31H32N4O4S.2C25H24ClFN2O3S.C23H27FN4O2/c1-21-5-4-6-23(15-21)19-38-29-11-8-25(16-22(29)2)35-31-27-17-24(7-10-28(27)33-20-34-31)30-12-9-26(39-30)18-32-13-14-40(3,36)37;1-3-10-33(31,32)14-17-6-9-22(27)23(15(17)2)24(30)21-13-29-25-20(21)11-18(12-28-25)16-4-7-19(26)8-5-16;1-3-10-33(31,32)14-17-5-4-15(2)22(23(17)27)24(30)21-13-29-25-20(21)11-18(12-28-25)16-6-8-19(26)9-7-16;1-15-4-5-19(18(24)10-15)27-23-17-11-21(29-3)22(12-20(17)25-14-26-23)30-13-16-6-8-28(2)9-7-16/h4-12,15-17,20,32H,13-14,18-19H2,1-3H3,(H,33,34,35);2*4-9,11-13,20,25,29H,3,10,14H2,1-2H3;4-5,10-12,14,16H,6-9,13H2,1-3H3,(H,25,26,27). The molecule has 0 bridgehead atoms. The molecule has 0 spiro atoms. The molecule has 1 saturated heterocycles. The Bertz CT molecular complexity index is 6830. The van der Waals surface area contributed by atoms with Crippen LogP contribution in [0.1, 0.15) is 122 Å². The topological polar surface area (TPSA) is 317 Å². The van der Waals surface area contributed by atoms with Crippen LogP contribution in [0.5, 0.6) is 17.2 Å². The number of fused-ring (bicyclic) bond motifs is 4. The molecule has 3 aromatic heterocycles. The highest BCUT2D eigenvalue weighted by atomic mass is 35.5. The minimum absolute atomic E-state index is 0.0135. The number of allylic oxidation sites excluding steroid dienone is 2. The third kappa shape index (κ3) is 25.3. The maximum atomic E-state index is 15.4. The maximum absolute atomic E-state index is 15.4. The van der Waals surface area contributed by atoms with E-state index < -0.39 is 58.5 Å². The van der Waals surface area contributed by atoms with Gasteiger partial charge in [0.2, 0.25) is 0 Å². The molecule has 32 heteroatoms. The summed E-state index contributed by atoms with van der Waals surface area (Å²) in [6.45, 7) is 16.9. The van der Waals surface area contributed by atoms with Crippen LogP contribution in [0.3, 0.4) is 0 Å². The number of benzene rings is 9. The Morgan fingerprint density at radius 2 is 1.16 bits per heavy atom. The van der Waals surface area contributed by atoms with Gasteiger partial charge in [-0.1, -0.05) is 128 Å². The molecule has 0 radical (unpaired) electrons. The lowest BCUT2D eigenvalue weighted by atomic mass is 9.86. The summed E-state index contributed by atoms with van der Waals surface area (Å²) >= 11 is 12.0. The molecule has 1 fully saturated rings. The Kier molecular flexibility index (Phi) is 32.4. The summed E-state index contributed by atoms with van der Waals surface area (Å²) in [4.78, 5) is 55.9. The van der Waals surface area contributed by atoms with Crippen LogP contribution in [0, 0.1) is 69.8 Å². The molecule has 0 saturated carbocycles. The van der Waals surface area contributed by atoms with Crippen LogP contribution in [0.4, 0.5) is 36.2 Å². The highest BCUT2D eigenvalue weighted by molar-refractivity contribution is 7.91. The van der Waals surface area contributed by atoms with Crippen LogP contribution in [-0.2, 0) is 54.2 Å². The van der Waals surface area contributed by atoms with E-state index in [1.165, 1.54) is 42.4 Å². The van der Waals surface area contributed by atoms with Crippen molar-refractivity contribution in [2.75, 3.05) is 74.5 Å². The molecule has 4 atom stereocenters. The number of hydrogen-bond acceptors (Lipinski definition) is 24. The number of furan rings is 1. The van der Waals surface area contributed by atoms with Crippen molar-refractivity contribution in [3.8, 4) is 28.6 Å². The van der Waals surface area contributed by atoms with Gasteiger partial charge in [-0.05, 0) is 239 Å². The van der Waals surface area contributed by atoms with Crippen molar-refractivity contribution in [2.24, 2.45) is 27.7 Å². The Labute approximate surface area is 800 Å². The van der Waals surface area contributed by atoms with Gasteiger partial charge in [0.1, 0.15) is 87.8 Å². The van der Waals surface area contributed by atoms with E-state index in [-0.39, 0.29) is 69.7 Å². The number of aliphatic imine (C=N–C) groups is 2. The zero-order valence-corrected chi connectivity index (χ0v) is 81.0. The number of sulfone groups is 3. The van der Waals surface area contributed by atoms with Gasteiger partial charge in [0.05, 0.1) is 76.9 Å². The molecule has 5 aliphatic heterocycles. The Morgan fingerprint density at radius 1 is 0.566 bits per heavy atom. The quantitative estimate of drug-likeness (QED) is 0.0199. The van der Waals surface area contributed by atoms with Gasteiger partial charge < -0.3 is 50.1 Å². The number of rotatable bonds is 31. The van der Waals surface area contributed by atoms with Crippen molar-refractivity contribution < 1.29 is 66.6 Å². The number of nitrogens with zero attached hydrogens (tertiary/aromatic N) is 7. The van der Waals surface area contributed by atoms with Crippen molar-refractivity contribution in [3.63, 3.8) is 0 Å². The number of ether oxygens (including phenoxy) is 3. The van der Waals surface area contributed by atoms with Crippen molar-refractivity contribution in [1.29, 1.82) is 0 Å². The molecule has 0 aliphatic carbocycles. The first-order valence-corrected chi connectivity index (χ1v) is 51.1. The fourth-order valence-electron chi connectivity index (χ4n) is 16.5. The van der Waals surface area contributed by atoms with Crippen LogP contribution in [0.25, 0.3) is 44.3 Å². The number of anilines is 4. The number of methoxy groups -OCH3 is 1. The number of dihydropyridines is 2. The molecule has 708 valence electrons. The van der Waals surface area contributed by atoms with E-state index in [4.69, 9.17) is 41.8 Å². The normalized spacial score (nSPS) is 16.3. The summed E-state index contributed by atoms with van der Waals surface area (Å²) in [6, 6.07) is 53.0. The molecule has 5 aliphatic rings. The summed E-state index contributed by atoms with van der Waals surface area (Å²) in [5.74, 6) is 1.28. The van der Waals surface area contributed by atoms with E-state index in [0.717, 1.165) is 104 Å². The molecule has 136 heavy (non-hydrogen) atoms. The Hall–Kier alpha value is -12.7. The summed E-state index contributed by atoms with van der Waals surface area (Å²) in [7, 11) is -6.04. The summed E-state index contributed by atoms with van der Waals surface area (Å²) in [5.41, 5.74) is 13.2. The minimum Gasteiger partial charge on any atom is -0.493 e. The number of carbonyl (C=O) groups is 2. The highest BCUT2D eigenvalue weighted by Gasteiger charge is 2.39. The molecule has 8 heterocycles. The van der Waals surface area contributed by atoms with Crippen LogP contribution >= 0.6 is 23.2 Å². The number of Topliss-reactive ketones (excluding diaryl/α,β-unsaturated/α-hetero) is 2. The minimum atomic E-state index is -3.46. The van der Waals surface area contributed by atoms with E-state index in [9.17, 15) is 43.6 Å². The van der Waals surface area contributed by atoms with E-state index in [1.807, 2.05) is 123 Å². The first-order chi connectivity index (χ1) is 65.2. The lowest BCUT2D eigenvalue weighted by Gasteiger charge is -2.28. The summed E-state index contributed by atoms with van der Waals surface area (Å²) in [6.07, 6.45) is 17.3. The average Bonchev–Trinajstić information content (AvgIpc) is 1.56. The van der Waals surface area contributed by atoms with Crippen molar-refractivity contribution in [1.82, 2.24) is 40.8 Å². The predicted molar refractivity (Wildman–Crippen MR) is 534 cm³/mol. The second-order valence-corrected chi connectivity index (χ2v) is 41.9. The Morgan fingerprint density at radius 3 is 1.77 bits per heavy atom. The molecular formula is C104H107Cl2F3N12O12S3. The van der Waals surface area contributed by atoms with Gasteiger partial charge >= 0.3 is 0 Å². The van der Waals surface area contributed by atoms with E-state index in [1.54, 1.807) is 102 Å². The second-order valence-electron chi connectivity index (χ2n) is 34.4. The first-order valence-electron chi connectivity index (χ1n) is 44.6. The number of piperidine rings is 1. The summed E-state index contributed by atoms with van der Waals surface area (Å²) in [5, 5.41) is 18.6. The fourth-order valence-corrected chi connectivity index (χ4v) is 20.3. The monoisotopic (exact) mass is 1940 g/mol. The van der Waals surface area contributed by atoms with Crippen molar-refractivity contribution >= 4 is 133 Å². The highest BCUT2D eigenvalue weighted by Crippen LogP contribution is 2.41. The molecule has 9 aromatic carbocycles. The number of likely N-dealkylation sites (tertiary alicyclic amines) is 1. The van der Waals surface area contributed by atoms with Gasteiger partial charge in [-0.25, -0.2) is 58.4 Å². The van der Waals surface area contributed by atoms with Crippen molar-refractivity contribution in [2.45, 2.75) is 111 Å². The number of ketones is 2. The molecule has 17 rings (SSSR count). The van der Waals surface area contributed by atoms with E-state index >= 15 is 4.39 Å². The predicted octanol–water partition coefficient (Wildman–Crippen LogP) is 20.3. The van der Waals surface area contributed by atoms with Crippen LogP contribution in [0.15, 0.2) is 239 Å². The van der Waals surface area contributed by atoms with Crippen LogP contribution in [-0.4, -0.2) is 150 Å². The number of aromatic nitrogens is 4. The zero-order valence-electron chi connectivity index (χ0n) is 77.0. The number of hydrogen-bond donors (Lipinski definition) is 5. The SMILES string of the molecule is CCCS(=O)(=O)Cc1ccc(C)c(C(=O)C2=CNC3N=CC(c4ccc(Cl)cc4)=CC23)c1F.CCCS(=O)(=O)Cc1ccc(F)c(C(=O)C2=CNC3N=CC(c4ccc(Cl)cc4)=CC23)c1C.COc1cc2c(Nc3ccc(C)cc3F)ncnc2cc1OCC1CCN(C)CC1.Cc1cccc(COc2ccc(Nc3ncnc4ccc(-c5ccc(CNCCS(C)(=O)=O)o5)cc34)cc2C)c1. The Balaban J connectivity index is 0.000000146. The average molecular weight is 1940 g/mol. The summed E-state index contributed by atoms with van der Waals surface area (Å²) < 4.78 is 140. The molecule has 0 amide bonds. The lowest BCUT2D eigenvalue weighted by Crippen LogP contribution is -2.32. The largest absolute Gasteiger partial charge is 0.493 e. The van der Waals surface area contributed by atoms with Crippen LogP contribution in [0.2, 0.25) is 10.0 Å². The van der Waals surface area contributed by atoms with Crippen LogP contribution < -0.4 is 40.8 Å². The number of halogens is 5. The molecule has 12 aromatic rings. The molecular weight excluding hydrogens is 1830 g/mol. The molecule has 24 nitrogen and oxygen atoms in total. The van der Waals surface area contributed by atoms with Crippen molar-refractivity contribution in [3.05, 3.63) is 324 Å². The first kappa shape index (κ1) is 99.3. The lowest BCUT2D eigenvalue weighted by molar-refractivity contribution is 0.101. The van der Waals surface area contributed by atoms with Gasteiger partial charge in [-0.2, -0.15) is 0 Å². The van der Waals surface area contributed by atoms with Gasteiger partial charge in [0.25, 0.3) is 0 Å². The van der Waals surface area contributed by atoms with Gasteiger partial charge in [-0.15, -0.1) is 0 Å². The zero-order chi connectivity index (χ0) is 96.7. The number of aryl methyl sites for hydroxylation is 4. The van der Waals surface area contributed by atoms with Gasteiger partial charge in [0.15, 0.2) is 42.7 Å².